The summed E-state index contributed by atoms with van der Waals surface area (Å²) in [5, 5.41) is 9.47. The van der Waals surface area contributed by atoms with E-state index in [1.807, 2.05) is 30.3 Å². The van der Waals surface area contributed by atoms with Crippen molar-refractivity contribution in [3.8, 4) is 11.3 Å². The second-order valence-electron chi connectivity index (χ2n) is 3.30. The first-order valence-electron chi connectivity index (χ1n) is 4.79. The van der Waals surface area contributed by atoms with Crippen molar-refractivity contribution in [2.24, 2.45) is 5.73 Å². The van der Waals surface area contributed by atoms with Gasteiger partial charge in [-0.15, -0.1) is 0 Å². The van der Waals surface area contributed by atoms with Gasteiger partial charge < -0.3 is 15.8 Å². The third-order valence-corrected chi connectivity index (χ3v) is 2.22. The number of nitrogens with one attached hydrogen (secondary N) is 1. The standard InChI is InChI=1S/C11H13N3O/c12-6-10(15)11-13-7-9(14-11)8-4-2-1-3-5-8/h1-5,7,10,15H,6,12H2,(H,13,14). The van der Waals surface area contributed by atoms with Crippen LogP contribution in [0.1, 0.15) is 11.9 Å². The van der Waals surface area contributed by atoms with Gasteiger partial charge in [-0.25, -0.2) is 4.98 Å². The zero-order valence-electron chi connectivity index (χ0n) is 8.22. The Labute approximate surface area is 87.8 Å². The predicted molar refractivity (Wildman–Crippen MR) is 58.0 cm³/mol. The normalized spacial score (nSPS) is 12.7. The highest BCUT2D eigenvalue weighted by molar-refractivity contribution is 5.58. The number of rotatable bonds is 3. The SMILES string of the molecule is NCC(O)c1ncc(-c2ccccc2)[nH]1. The summed E-state index contributed by atoms with van der Waals surface area (Å²) in [5.74, 6) is 0.511. The number of aliphatic hydroxyl groups is 1. The van der Waals surface area contributed by atoms with Gasteiger partial charge >= 0.3 is 0 Å². The first-order valence-corrected chi connectivity index (χ1v) is 4.79. The molecule has 2 rings (SSSR count). The maximum Gasteiger partial charge on any atom is 0.136 e. The average molecular weight is 203 g/mol. The quantitative estimate of drug-likeness (QED) is 0.698. The van der Waals surface area contributed by atoms with E-state index in [9.17, 15) is 5.11 Å². The van der Waals surface area contributed by atoms with E-state index in [-0.39, 0.29) is 6.54 Å². The van der Waals surface area contributed by atoms with Crippen LogP contribution in [0.4, 0.5) is 0 Å². The van der Waals surface area contributed by atoms with E-state index in [0.717, 1.165) is 11.3 Å². The predicted octanol–water partition coefficient (Wildman–Crippen LogP) is 1.07. The van der Waals surface area contributed by atoms with Crippen molar-refractivity contribution in [1.82, 2.24) is 9.97 Å². The van der Waals surface area contributed by atoms with Crippen molar-refractivity contribution in [1.29, 1.82) is 0 Å². The van der Waals surface area contributed by atoms with Gasteiger partial charge in [-0.05, 0) is 5.56 Å². The first kappa shape index (κ1) is 9.89. The monoisotopic (exact) mass is 203 g/mol. The summed E-state index contributed by atoms with van der Waals surface area (Å²) in [6.45, 7) is 0.168. The van der Waals surface area contributed by atoms with Crippen LogP contribution in [-0.4, -0.2) is 21.6 Å². The molecular formula is C11H13N3O. The molecule has 0 radical (unpaired) electrons. The van der Waals surface area contributed by atoms with E-state index < -0.39 is 6.10 Å². The van der Waals surface area contributed by atoms with Crippen molar-refractivity contribution in [2.45, 2.75) is 6.10 Å². The van der Waals surface area contributed by atoms with E-state index in [1.165, 1.54) is 0 Å². The summed E-state index contributed by atoms with van der Waals surface area (Å²) in [6, 6.07) is 9.82. The lowest BCUT2D eigenvalue weighted by atomic mass is 10.2. The molecule has 0 aliphatic heterocycles. The molecule has 4 heteroatoms. The van der Waals surface area contributed by atoms with Crippen LogP contribution < -0.4 is 5.73 Å². The van der Waals surface area contributed by atoms with Gasteiger partial charge in [0, 0.05) is 6.54 Å². The van der Waals surface area contributed by atoms with Crippen LogP contribution >= 0.6 is 0 Å². The van der Waals surface area contributed by atoms with Crippen LogP contribution in [0.15, 0.2) is 36.5 Å². The highest BCUT2D eigenvalue weighted by Crippen LogP contribution is 2.18. The number of aromatic nitrogens is 2. The van der Waals surface area contributed by atoms with Gasteiger partial charge in [0.15, 0.2) is 0 Å². The second kappa shape index (κ2) is 4.25. The fourth-order valence-electron chi connectivity index (χ4n) is 1.38. The van der Waals surface area contributed by atoms with E-state index in [4.69, 9.17) is 5.73 Å². The van der Waals surface area contributed by atoms with Gasteiger partial charge in [-0.2, -0.15) is 0 Å². The Balaban J connectivity index is 2.28. The third kappa shape index (κ3) is 2.06. The van der Waals surface area contributed by atoms with E-state index in [2.05, 4.69) is 9.97 Å². The number of nitrogens with zero attached hydrogens (tertiary/aromatic N) is 1. The Hall–Kier alpha value is -1.65. The number of aliphatic hydroxyl groups excluding tert-OH is 1. The lowest BCUT2D eigenvalue weighted by molar-refractivity contribution is 0.177. The first-order chi connectivity index (χ1) is 7.31. The molecule has 0 spiro atoms. The number of aromatic amines is 1. The summed E-state index contributed by atoms with van der Waals surface area (Å²) in [5.41, 5.74) is 7.27. The molecule has 0 bridgehead atoms. The Morgan fingerprint density at radius 2 is 2.07 bits per heavy atom. The lowest BCUT2D eigenvalue weighted by Crippen LogP contribution is -2.12. The average Bonchev–Trinajstić information content (AvgIpc) is 2.78. The Morgan fingerprint density at radius 1 is 1.33 bits per heavy atom. The zero-order chi connectivity index (χ0) is 10.7. The molecule has 0 fully saturated rings. The van der Waals surface area contributed by atoms with Gasteiger partial charge in [-0.3, -0.25) is 0 Å². The van der Waals surface area contributed by atoms with E-state index >= 15 is 0 Å². The number of H-pyrrole nitrogens is 1. The van der Waals surface area contributed by atoms with Crippen molar-refractivity contribution >= 4 is 0 Å². The van der Waals surface area contributed by atoms with Crippen LogP contribution in [0.2, 0.25) is 0 Å². The largest absolute Gasteiger partial charge is 0.384 e. The van der Waals surface area contributed by atoms with Crippen LogP contribution in [0.3, 0.4) is 0 Å². The zero-order valence-corrected chi connectivity index (χ0v) is 8.22. The van der Waals surface area contributed by atoms with Crippen molar-refractivity contribution in [3.63, 3.8) is 0 Å². The number of nitrogens with two attached hydrogens (primary N) is 1. The molecule has 0 saturated carbocycles. The molecule has 4 nitrogen and oxygen atoms in total. The summed E-state index contributed by atoms with van der Waals surface area (Å²) >= 11 is 0. The summed E-state index contributed by atoms with van der Waals surface area (Å²) < 4.78 is 0. The molecule has 1 heterocycles. The van der Waals surface area contributed by atoms with Gasteiger partial charge in [0.05, 0.1) is 11.9 Å². The number of hydrogen-bond donors (Lipinski definition) is 3. The molecule has 0 saturated heterocycles. The Bertz CT molecular complexity index is 424. The molecular weight excluding hydrogens is 190 g/mol. The molecule has 2 aromatic rings. The lowest BCUT2D eigenvalue weighted by Gasteiger charge is -2.02. The minimum atomic E-state index is -0.720. The minimum absolute atomic E-state index is 0.168. The van der Waals surface area contributed by atoms with Gasteiger partial charge in [0.1, 0.15) is 11.9 Å². The highest BCUT2D eigenvalue weighted by Gasteiger charge is 2.09. The second-order valence-corrected chi connectivity index (χ2v) is 3.30. The van der Waals surface area contributed by atoms with Crippen molar-refractivity contribution in [2.75, 3.05) is 6.54 Å². The smallest absolute Gasteiger partial charge is 0.136 e. The van der Waals surface area contributed by atoms with Crippen molar-refractivity contribution < 1.29 is 5.11 Å². The van der Waals surface area contributed by atoms with Crippen LogP contribution in [0.5, 0.6) is 0 Å². The van der Waals surface area contributed by atoms with Gasteiger partial charge in [-0.1, -0.05) is 30.3 Å². The Morgan fingerprint density at radius 3 is 2.73 bits per heavy atom. The fraction of sp³-hybridized carbons (Fsp3) is 0.182. The summed E-state index contributed by atoms with van der Waals surface area (Å²) in [4.78, 5) is 7.12. The van der Waals surface area contributed by atoms with Gasteiger partial charge in [0.25, 0.3) is 0 Å². The molecule has 15 heavy (non-hydrogen) atoms. The van der Waals surface area contributed by atoms with E-state index in [1.54, 1.807) is 6.20 Å². The Kier molecular flexibility index (Phi) is 2.80. The minimum Gasteiger partial charge on any atom is -0.384 e. The number of imidazole rings is 1. The van der Waals surface area contributed by atoms with Crippen LogP contribution in [0.25, 0.3) is 11.3 Å². The van der Waals surface area contributed by atoms with Gasteiger partial charge in [0.2, 0.25) is 0 Å². The molecule has 78 valence electrons. The highest BCUT2D eigenvalue weighted by atomic mass is 16.3. The van der Waals surface area contributed by atoms with Crippen LogP contribution in [0, 0.1) is 0 Å². The summed E-state index contributed by atoms with van der Waals surface area (Å²) in [7, 11) is 0. The van der Waals surface area contributed by atoms with E-state index in [0.29, 0.717) is 5.82 Å². The molecule has 4 N–H and O–H groups in total. The van der Waals surface area contributed by atoms with Crippen molar-refractivity contribution in [3.05, 3.63) is 42.4 Å². The molecule has 0 amide bonds. The molecule has 1 aromatic heterocycles. The molecule has 1 aromatic carbocycles. The fourth-order valence-corrected chi connectivity index (χ4v) is 1.38. The third-order valence-electron chi connectivity index (χ3n) is 2.22. The van der Waals surface area contributed by atoms with Crippen LogP contribution in [-0.2, 0) is 0 Å². The molecule has 1 unspecified atom stereocenters. The topological polar surface area (TPSA) is 74.9 Å². The maximum atomic E-state index is 9.47. The molecule has 1 atom stereocenters. The number of benzene rings is 1. The molecule has 0 aliphatic carbocycles. The number of hydrogen-bond acceptors (Lipinski definition) is 3. The maximum absolute atomic E-state index is 9.47. The molecule has 0 aliphatic rings. The summed E-state index contributed by atoms with van der Waals surface area (Å²) in [6.07, 6.45) is 0.978.